The first-order chi connectivity index (χ1) is 10.5. The molecular formula is C19H23N3. The normalized spacial score (nSPS) is 11.1. The lowest BCUT2D eigenvalue weighted by Crippen LogP contribution is -2.05. The summed E-state index contributed by atoms with van der Waals surface area (Å²) in [5.74, 6) is 0. The van der Waals surface area contributed by atoms with Gasteiger partial charge in [0.25, 0.3) is 0 Å². The molecule has 114 valence electrons. The van der Waals surface area contributed by atoms with E-state index < -0.39 is 0 Å². The average Bonchev–Trinajstić information content (AvgIpc) is 2.74. The van der Waals surface area contributed by atoms with Crippen LogP contribution in [-0.4, -0.2) is 9.38 Å². The quantitative estimate of drug-likeness (QED) is 0.771. The fourth-order valence-corrected chi connectivity index (χ4v) is 2.95. The fourth-order valence-electron chi connectivity index (χ4n) is 2.95. The third-order valence-corrected chi connectivity index (χ3v) is 4.43. The van der Waals surface area contributed by atoms with Gasteiger partial charge in [0.05, 0.1) is 11.4 Å². The van der Waals surface area contributed by atoms with E-state index in [2.05, 4.69) is 74.8 Å². The SMILES string of the molecule is Cc1cc(NCc2c(C)cccc2C)c2nc(C)c(C)n2c1. The van der Waals surface area contributed by atoms with Crippen molar-refractivity contribution in [3.05, 3.63) is 64.1 Å². The zero-order chi connectivity index (χ0) is 15.9. The molecule has 0 fully saturated rings. The van der Waals surface area contributed by atoms with Gasteiger partial charge in [0.15, 0.2) is 5.65 Å². The molecule has 0 radical (unpaired) electrons. The predicted octanol–water partition coefficient (Wildman–Crippen LogP) is 4.49. The number of aryl methyl sites for hydroxylation is 5. The van der Waals surface area contributed by atoms with Crippen molar-refractivity contribution in [2.75, 3.05) is 5.32 Å². The van der Waals surface area contributed by atoms with E-state index in [9.17, 15) is 0 Å². The van der Waals surface area contributed by atoms with Crippen molar-refractivity contribution < 1.29 is 0 Å². The number of benzene rings is 1. The van der Waals surface area contributed by atoms with Crippen molar-refractivity contribution >= 4 is 11.3 Å². The number of fused-ring (bicyclic) bond motifs is 1. The van der Waals surface area contributed by atoms with Crippen molar-refractivity contribution in [3.63, 3.8) is 0 Å². The maximum Gasteiger partial charge on any atom is 0.160 e. The zero-order valence-corrected chi connectivity index (χ0v) is 14.0. The molecule has 0 amide bonds. The third-order valence-electron chi connectivity index (χ3n) is 4.43. The van der Waals surface area contributed by atoms with E-state index in [0.29, 0.717) is 0 Å². The van der Waals surface area contributed by atoms with E-state index in [-0.39, 0.29) is 0 Å². The lowest BCUT2D eigenvalue weighted by atomic mass is 10.0. The first kappa shape index (κ1) is 14.6. The Bertz CT molecular complexity index is 823. The highest BCUT2D eigenvalue weighted by atomic mass is 15.1. The number of nitrogens with zero attached hydrogens (tertiary/aromatic N) is 2. The molecule has 3 aromatic rings. The summed E-state index contributed by atoms with van der Waals surface area (Å²) in [7, 11) is 0. The Morgan fingerprint density at radius 2 is 1.73 bits per heavy atom. The summed E-state index contributed by atoms with van der Waals surface area (Å²) < 4.78 is 2.18. The van der Waals surface area contributed by atoms with Crippen molar-refractivity contribution in [1.29, 1.82) is 0 Å². The number of hydrogen-bond acceptors (Lipinski definition) is 2. The lowest BCUT2D eigenvalue weighted by Gasteiger charge is -2.13. The van der Waals surface area contributed by atoms with Gasteiger partial charge in [0.1, 0.15) is 0 Å². The third kappa shape index (κ3) is 2.47. The molecule has 3 heteroatoms. The van der Waals surface area contributed by atoms with Crippen LogP contribution in [0.5, 0.6) is 0 Å². The highest BCUT2D eigenvalue weighted by molar-refractivity contribution is 5.69. The molecule has 0 aliphatic heterocycles. The van der Waals surface area contributed by atoms with Crippen LogP contribution in [-0.2, 0) is 6.54 Å². The van der Waals surface area contributed by atoms with Gasteiger partial charge in [0, 0.05) is 18.4 Å². The summed E-state index contributed by atoms with van der Waals surface area (Å²) in [6.45, 7) is 11.5. The number of imidazole rings is 1. The second kappa shape index (κ2) is 5.48. The molecule has 0 unspecified atom stereocenters. The molecule has 22 heavy (non-hydrogen) atoms. The van der Waals surface area contributed by atoms with E-state index in [1.165, 1.54) is 27.9 Å². The highest BCUT2D eigenvalue weighted by Gasteiger charge is 2.10. The Hall–Kier alpha value is -2.29. The van der Waals surface area contributed by atoms with Crippen molar-refractivity contribution in [1.82, 2.24) is 9.38 Å². The summed E-state index contributed by atoms with van der Waals surface area (Å²) >= 11 is 0. The molecule has 2 aromatic heterocycles. The summed E-state index contributed by atoms with van der Waals surface area (Å²) in [5.41, 5.74) is 9.64. The molecule has 0 aliphatic carbocycles. The van der Waals surface area contributed by atoms with Crippen LogP contribution < -0.4 is 5.32 Å². The van der Waals surface area contributed by atoms with E-state index in [4.69, 9.17) is 4.98 Å². The molecule has 1 aromatic carbocycles. The maximum absolute atomic E-state index is 4.71. The van der Waals surface area contributed by atoms with Gasteiger partial charge in [-0.1, -0.05) is 18.2 Å². The van der Waals surface area contributed by atoms with Gasteiger partial charge in [-0.2, -0.15) is 0 Å². The van der Waals surface area contributed by atoms with Gasteiger partial charge < -0.3 is 9.72 Å². The molecule has 2 heterocycles. The predicted molar refractivity (Wildman–Crippen MR) is 92.6 cm³/mol. The molecule has 0 bridgehead atoms. The zero-order valence-electron chi connectivity index (χ0n) is 14.0. The highest BCUT2D eigenvalue weighted by Crippen LogP contribution is 2.23. The van der Waals surface area contributed by atoms with E-state index in [1.54, 1.807) is 0 Å². The maximum atomic E-state index is 4.71. The summed E-state index contributed by atoms with van der Waals surface area (Å²) in [4.78, 5) is 4.71. The minimum Gasteiger partial charge on any atom is -0.378 e. The van der Waals surface area contributed by atoms with Gasteiger partial charge in [-0.25, -0.2) is 4.98 Å². The molecule has 3 rings (SSSR count). The largest absolute Gasteiger partial charge is 0.378 e. The van der Waals surface area contributed by atoms with Crippen LogP contribution in [0.4, 0.5) is 5.69 Å². The van der Waals surface area contributed by atoms with Crippen LogP contribution in [0.25, 0.3) is 5.65 Å². The van der Waals surface area contributed by atoms with Crippen LogP contribution in [0.2, 0.25) is 0 Å². The first-order valence-electron chi connectivity index (χ1n) is 7.72. The number of anilines is 1. The molecule has 0 saturated carbocycles. The number of rotatable bonds is 3. The fraction of sp³-hybridized carbons (Fsp3) is 0.316. The Kier molecular flexibility index (Phi) is 3.65. The Morgan fingerprint density at radius 3 is 2.41 bits per heavy atom. The van der Waals surface area contributed by atoms with Gasteiger partial charge in [-0.15, -0.1) is 0 Å². The monoisotopic (exact) mass is 293 g/mol. The van der Waals surface area contributed by atoms with Crippen LogP contribution in [0, 0.1) is 34.6 Å². The summed E-state index contributed by atoms with van der Waals surface area (Å²) in [6.07, 6.45) is 2.15. The van der Waals surface area contributed by atoms with E-state index in [1.807, 2.05) is 0 Å². The van der Waals surface area contributed by atoms with Gasteiger partial charge in [0.2, 0.25) is 0 Å². The van der Waals surface area contributed by atoms with E-state index >= 15 is 0 Å². The Balaban J connectivity index is 1.99. The van der Waals surface area contributed by atoms with Crippen molar-refractivity contribution in [2.45, 2.75) is 41.2 Å². The van der Waals surface area contributed by atoms with Gasteiger partial charge in [-0.3, -0.25) is 0 Å². The Morgan fingerprint density at radius 1 is 1.05 bits per heavy atom. The topological polar surface area (TPSA) is 29.3 Å². The van der Waals surface area contributed by atoms with Crippen molar-refractivity contribution in [3.8, 4) is 0 Å². The van der Waals surface area contributed by atoms with Gasteiger partial charge in [-0.05, 0) is 62.9 Å². The standard InChI is InChI=1S/C19H23N3/c1-12-9-18(19-21-15(4)16(5)22(19)11-12)20-10-17-13(2)7-6-8-14(17)3/h6-9,11,20H,10H2,1-5H3. The van der Waals surface area contributed by atoms with Crippen molar-refractivity contribution in [2.24, 2.45) is 0 Å². The molecule has 1 N–H and O–H groups in total. The lowest BCUT2D eigenvalue weighted by molar-refractivity contribution is 1.06. The minimum atomic E-state index is 0.822. The molecular weight excluding hydrogens is 270 g/mol. The second-order valence-corrected chi connectivity index (χ2v) is 6.13. The van der Waals surface area contributed by atoms with Crippen LogP contribution >= 0.6 is 0 Å². The summed E-state index contributed by atoms with van der Waals surface area (Å²) in [6, 6.07) is 8.62. The summed E-state index contributed by atoms with van der Waals surface area (Å²) in [5, 5.41) is 3.58. The molecule has 0 spiro atoms. The number of hydrogen-bond donors (Lipinski definition) is 1. The molecule has 0 aliphatic rings. The number of pyridine rings is 1. The average molecular weight is 293 g/mol. The van der Waals surface area contributed by atoms with Crippen LogP contribution in [0.1, 0.15) is 33.6 Å². The smallest absolute Gasteiger partial charge is 0.160 e. The van der Waals surface area contributed by atoms with Crippen LogP contribution in [0.15, 0.2) is 30.5 Å². The second-order valence-electron chi connectivity index (χ2n) is 6.13. The van der Waals surface area contributed by atoms with E-state index in [0.717, 1.165) is 23.6 Å². The van der Waals surface area contributed by atoms with Crippen LogP contribution in [0.3, 0.4) is 0 Å². The molecule has 0 atom stereocenters. The number of nitrogens with one attached hydrogen (secondary N) is 1. The first-order valence-corrected chi connectivity index (χ1v) is 7.72. The number of aromatic nitrogens is 2. The molecule has 3 nitrogen and oxygen atoms in total. The minimum absolute atomic E-state index is 0.822. The Labute approximate surface area is 132 Å². The van der Waals surface area contributed by atoms with Gasteiger partial charge >= 0.3 is 0 Å². The molecule has 0 saturated heterocycles.